The van der Waals surface area contributed by atoms with Crippen LogP contribution in [0, 0.1) is 5.82 Å². The fourth-order valence-corrected chi connectivity index (χ4v) is 2.43. The van der Waals surface area contributed by atoms with E-state index >= 15 is 0 Å². The molecule has 1 atom stereocenters. The number of rotatable bonds is 3. The molecular weight excluding hydrogens is 225 g/mol. The van der Waals surface area contributed by atoms with Crippen molar-refractivity contribution in [1.29, 1.82) is 0 Å². The Morgan fingerprint density at radius 1 is 1.38 bits per heavy atom. The van der Waals surface area contributed by atoms with Gasteiger partial charge < -0.3 is 5.32 Å². The van der Waals surface area contributed by atoms with Crippen LogP contribution in [0.1, 0.15) is 31.2 Å². The normalized spacial score (nSPS) is 21.0. The van der Waals surface area contributed by atoms with Gasteiger partial charge in [-0.05, 0) is 56.0 Å². The number of piperidine rings is 1. The second kappa shape index (κ2) is 5.65. The molecule has 16 heavy (non-hydrogen) atoms. The highest BCUT2D eigenvalue weighted by atomic mass is 35.5. The fraction of sp³-hybridized carbons (Fsp3) is 0.538. The Morgan fingerprint density at radius 2 is 2.25 bits per heavy atom. The van der Waals surface area contributed by atoms with E-state index in [0.29, 0.717) is 11.1 Å². The van der Waals surface area contributed by atoms with Crippen molar-refractivity contribution in [2.45, 2.75) is 38.1 Å². The zero-order valence-corrected chi connectivity index (χ0v) is 10.1. The first-order valence-electron chi connectivity index (χ1n) is 5.93. The lowest BCUT2D eigenvalue weighted by Gasteiger charge is -2.23. The van der Waals surface area contributed by atoms with E-state index in [-0.39, 0.29) is 5.82 Å². The molecule has 0 saturated carbocycles. The van der Waals surface area contributed by atoms with Gasteiger partial charge in [0.1, 0.15) is 5.82 Å². The van der Waals surface area contributed by atoms with Crippen molar-refractivity contribution in [3.8, 4) is 0 Å². The van der Waals surface area contributed by atoms with Crippen LogP contribution >= 0.6 is 11.6 Å². The van der Waals surface area contributed by atoms with Crippen molar-refractivity contribution in [3.63, 3.8) is 0 Å². The molecule has 1 saturated heterocycles. The Balaban J connectivity index is 1.90. The number of halogens is 2. The van der Waals surface area contributed by atoms with Gasteiger partial charge in [-0.15, -0.1) is 0 Å². The third-order valence-corrected chi connectivity index (χ3v) is 3.42. The van der Waals surface area contributed by atoms with Crippen LogP contribution in [0.3, 0.4) is 0 Å². The molecule has 1 nitrogen and oxygen atoms in total. The van der Waals surface area contributed by atoms with E-state index in [9.17, 15) is 4.39 Å². The number of hydrogen-bond acceptors (Lipinski definition) is 1. The predicted molar refractivity (Wildman–Crippen MR) is 65.4 cm³/mol. The molecule has 0 spiro atoms. The van der Waals surface area contributed by atoms with E-state index in [1.165, 1.54) is 25.3 Å². The van der Waals surface area contributed by atoms with Crippen LogP contribution < -0.4 is 5.32 Å². The average Bonchev–Trinajstić information content (AvgIpc) is 2.32. The highest BCUT2D eigenvalue weighted by Gasteiger charge is 2.13. The monoisotopic (exact) mass is 241 g/mol. The molecule has 88 valence electrons. The van der Waals surface area contributed by atoms with E-state index in [0.717, 1.165) is 24.9 Å². The summed E-state index contributed by atoms with van der Waals surface area (Å²) in [7, 11) is 0. The predicted octanol–water partition coefficient (Wildman–Crippen LogP) is 3.55. The lowest BCUT2D eigenvalue weighted by atomic mass is 9.98. The van der Waals surface area contributed by atoms with Crippen molar-refractivity contribution in [1.82, 2.24) is 5.32 Å². The summed E-state index contributed by atoms with van der Waals surface area (Å²) in [6, 6.07) is 5.33. The van der Waals surface area contributed by atoms with E-state index in [4.69, 9.17) is 11.6 Å². The maximum absolute atomic E-state index is 13.4. The van der Waals surface area contributed by atoms with Crippen LogP contribution in [0.4, 0.5) is 4.39 Å². The zero-order chi connectivity index (χ0) is 11.4. The third kappa shape index (κ3) is 3.19. The summed E-state index contributed by atoms with van der Waals surface area (Å²) in [5.41, 5.74) is 0.736. The Hall–Kier alpha value is -0.600. The number of hydrogen-bond donors (Lipinski definition) is 1. The molecule has 0 bridgehead atoms. The maximum Gasteiger partial charge on any atom is 0.126 e. The highest BCUT2D eigenvalue weighted by molar-refractivity contribution is 6.30. The van der Waals surface area contributed by atoms with Gasteiger partial charge in [0.05, 0.1) is 0 Å². The fourth-order valence-electron chi connectivity index (χ4n) is 2.24. The minimum absolute atomic E-state index is 0.139. The van der Waals surface area contributed by atoms with Crippen LogP contribution in [0.5, 0.6) is 0 Å². The van der Waals surface area contributed by atoms with Crippen molar-refractivity contribution < 1.29 is 4.39 Å². The maximum atomic E-state index is 13.4. The topological polar surface area (TPSA) is 12.0 Å². The zero-order valence-electron chi connectivity index (χ0n) is 9.31. The molecule has 0 amide bonds. The number of benzene rings is 1. The van der Waals surface area contributed by atoms with Crippen LogP contribution in [0.2, 0.25) is 5.02 Å². The first kappa shape index (κ1) is 11.9. The van der Waals surface area contributed by atoms with Gasteiger partial charge in [0.2, 0.25) is 0 Å². The van der Waals surface area contributed by atoms with Gasteiger partial charge in [-0.3, -0.25) is 0 Å². The Labute approximate surface area is 101 Å². The molecule has 1 fully saturated rings. The summed E-state index contributed by atoms with van der Waals surface area (Å²) in [4.78, 5) is 0. The summed E-state index contributed by atoms with van der Waals surface area (Å²) in [6.45, 7) is 1.10. The highest BCUT2D eigenvalue weighted by Crippen LogP contribution is 2.18. The molecule has 1 aromatic carbocycles. The molecule has 3 heteroatoms. The minimum Gasteiger partial charge on any atom is -0.314 e. The average molecular weight is 242 g/mol. The molecule has 1 heterocycles. The van der Waals surface area contributed by atoms with E-state index in [1.807, 2.05) is 0 Å². The summed E-state index contributed by atoms with van der Waals surface area (Å²) in [6.07, 6.45) is 5.53. The van der Waals surface area contributed by atoms with Crippen LogP contribution in [-0.2, 0) is 6.42 Å². The minimum atomic E-state index is -0.139. The van der Waals surface area contributed by atoms with Crippen molar-refractivity contribution >= 4 is 11.6 Å². The quantitative estimate of drug-likeness (QED) is 0.854. The molecule has 1 aliphatic heterocycles. The molecule has 2 rings (SSSR count). The van der Waals surface area contributed by atoms with E-state index in [2.05, 4.69) is 5.32 Å². The van der Waals surface area contributed by atoms with Crippen molar-refractivity contribution in [2.24, 2.45) is 0 Å². The molecule has 0 aromatic heterocycles. The summed E-state index contributed by atoms with van der Waals surface area (Å²) >= 11 is 5.86. The van der Waals surface area contributed by atoms with Crippen LogP contribution in [0.15, 0.2) is 18.2 Å². The molecular formula is C13H17ClFN. The lowest BCUT2D eigenvalue weighted by molar-refractivity contribution is 0.381. The molecule has 1 aromatic rings. The Kier molecular flexibility index (Phi) is 4.19. The van der Waals surface area contributed by atoms with Gasteiger partial charge in [-0.25, -0.2) is 4.39 Å². The largest absolute Gasteiger partial charge is 0.314 e. The molecule has 1 unspecified atom stereocenters. The van der Waals surface area contributed by atoms with Crippen molar-refractivity contribution in [3.05, 3.63) is 34.6 Å². The Bertz CT molecular complexity index is 348. The van der Waals surface area contributed by atoms with Crippen molar-refractivity contribution in [2.75, 3.05) is 6.54 Å². The Morgan fingerprint density at radius 3 is 3.00 bits per heavy atom. The first-order valence-corrected chi connectivity index (χ1v) is 6.31. The van der Waals surface area contributed by atoms with Gasteiger partial charge >= 0.3 is 0 Å². The van der Waals surface area contributed by atoms with Crippen LogP contribution in [0.25, 0.3) is 0 Å². The number of aryl methyl sites for hydroxylation is 1. The van der Waals surface area contributed by atoms with Crippen LogP contribution in [-0.4, -0.2) is 12.6 Å². The summed E-state index contributed by atoms with van der Waals surface area (Å²) in [5.74, 6) is -0.139. The smallest absolute Gasteiger partial charge is 0.126 e. The molecule has 0 aliphatic carbocycles. The molecule has 1 aliphatic rings. The SMILES string of the molecule is Fc1ccc(Cl)cc1CCC1CCCCN1. The standard InChI is InChI=1S/C13H17ClFN/c14-11-5-7-13(15)10(9-11)4-6-12-3-1-2-8-16-12/h5,7,9,12,16H,1-4,6,8H2. The van der Waals surface area contributed by atoms with E-state index < -0.39 is 0 Å². The van der Waals surface area contributed by atoms with Gasteiger partial charge in [0.25, 0.3) is 0 Å². The van der Waals surface area contributed by atoms with E-state index in [1.54, 1.807) is 12.1 Å². The third-order valence-electron chi connectivity index (χ3n) is 3.18. The second-order valence-electron chi connectivity index (χ2n) is 4.42. The van der Waals surface area contributed by atoms with Gasteiger partial charge in [-0.1, -0.05) is 18.0 Å². The van der Waals surface area contributed by atoms with Gasteiger partial charge in [0.15, 0.2) is 0 Å². The first-order chi connectivity index (χ1) is 7.75. The van der Waals surface area contributed by atoms with Gasteiger partial charge in [0, 0.05) is 11.1 Å². The van der Waals surface area contributed by atoms with Gasteiger partial charge in [-0.2, -0.15) is 0 Å². The molecule has 1 N–H and O–H groups in total. The number of nitrogens with one attached hydrogen (secondary N) is 1. The molecule has 0 radical (unpaired) electrons. The summed E-state index contributed by atoms with van der Waals surface area (Å²) in [5, 5.41) is 4.09. The summed E-state index contributed by atoms with van der Waals surface area (Å²) < 4.78 is 13.4. The second-order valence-corrected chi connectivity index (χ2v) is 4.86. The lowest BCUT2D eigenvalue weighted by Crippen LogP contribution is -2.34.